The van der Waals surface area contributed by atoms with Gasteiger partial charge in [0.25, 0.3) is 0 Å². The van der Waals surface area contributed by atoms with Gasteiger partial charge >= 0.3 is 0 Å². The normalized spacial score (nSPS) is 10.8. The average molecular weight is 446 g/mol. The standard InChI is InChI=1S/C24H22Cl2N2.ClH/c25-21-11-9-18(10-12-21)13-14-27-15-20-17-28(24-8-4-2-6-22(20)24)16-19-5-1-3-7-23(19)26;/h1-12,17,27H,13-16H2;1H. The van der Waals surface area contributed by atoms with Crippen LogP contribution in [0.25, 0.3) is 10.9 Å². The van der Waals surface area contributed by atoms with Crippen LogP contribution in [0.3, 0.4) is 0 Å². The van der Waals surface area contributed by atoms with E-state index in [9.17, 15) is 0 Å². The quantitative estimate of drug-likeness (QED) is 0.311. The van der Waals surface area contributed by atoms with Crippen molar-refractivity contribution in [2.24, 2.45) is 0 Å². The van der Waals surface area contributed by atoms with Crippen molar-refractivity contribution in [2.45, 2.75) is 19.5 Å². The summed E-state index contributed by atoms with van der Waals surface area (Å²) in [6.45, 7) is 2.53. The van der Waals surface area contributed by atoms with Crippen molar-refractivity contribution < 1.29 is 0 Å². The summed E-state index contributed by atoms with van der Waals surface area (Å²) in [6, 6.07) is 24.6. The fraction of sp³-hybridized carbons (Fsp3) is 0.167. The fourth-order valence-corrected chi connectivity index (χ4v) is 3.83. The molecule has 0 saturated heterocycles. The van der Waals surface area contributed by atoms with E-state index in [1.54, 1.807) is 0 Å². The van der Waals surface area contributed by atoms with Gasteiger partial charge in [-0.25, -0.2) is 0 Å². The molecule has 0 bridgehead atoms. The van der Waals surface area contributed by atoms with Crippen LogP contribution in [-0.2, 0) is 19.5 Å². The number of para-hydroxylation sites is 1. The number of fused-ring (bicyclic) bond motifs is 1. The predicted molar refractivity (Wildman–Crippen MR) is 127 cm³/mol. The van der Waals surface area contributed by atoms with Crippen LogP contribution in [0, 0.1) is 0 Å². The Hall–Kier alpha value is -1.97. The van der Waals surface area contributed by atoms with Crippen molar-refractivity contribution in [3.05, 3.63) is 106 Å². The van der Waals surface area contributed by atoms with Gasteiger partial charge in [-0.05, 0) is 53.9 Å². The third-order valence-corrected chi connectivity index (χ3v) is 5.61. The summed E-state index contributed by atoms with van der Waals surface area (Å²) in [5.41, 5.74) is 4.96. The zero-order valence-electron chi connectivity index (χ0n) is 15.9. The van der Waals surface area contributed by atoms with Crippen LogP contribution in [0.5, 0.6) is 0 Å². The first-order valence-corrected chi connectivity index (χ1v) is 10.2. The number of halogens is 3. The van der Waals surface area contributed by atoms with Gasteiger partial charge in [0.2, 0.25) is 0 Å². The summed E-state index contributed by atoms with van der Waals surface area (Å²) < 4.78 is 2.28. The lowest BCUT2D eigenvalue weighted by Gasteiger charge is -2.07. The van der Waals surface area contributed by atoms with E-state index >= 15 is 0 Å². The van der Waals surface area contributed by atoms with Gasteiger partial charge in [0.1, 0.15) is 0 Å². The highest BCUT2D eigenvalue weighted by Crippen LogP contribution is 2.24. The molecule has 1 heterocycles. The molecule has 1 N–H and O–H groups in total. The van der Waals surface area contributed by atoms with E-state index in [1.807, 2.05) is 30.3 Å². The lowest BCUT2D eigenvalue weighted by molar-refractivity contribution is 0.686. The maximum Gasteiger partial charge on any atom is 0.0491 e. The Kier molecular flexibility index (Phi) is 7.63. The van der Waals surface area contributed by atoms with Gasteiger partial charge in [0.15, 0.2) is 0 Å². The summed E-state index contributed by atoms with van der Waals surface area (Å²) in [6.07, 6.45) is 3.22. The molecule has 0 fully saturated rings. The van der Waals surface area contributed by atoms with E-state index in [1.165, 1.54) is 22.0 Å². The second-order valence-electron chi connectivity index (χ2n) is 6.94. The summed E-state index contributed by atoms with van der Waals surface area (Å²) in [5, 5.41) is 6.45. The molecule has 0 atom stereocenters. The van der Waals surface area contributed by atoms with Crippen LogP contribution in [0.1, 0.15) is 16.7 Å². The van der Waals surface area contributed by atoms with E-state index in [-0.39, 0.29) is 12.4 Å². The minimum Gasteiger partial charge on any atom is -0.343 e. The second kappa shape index (κ2) is 10.2. The number of aromatic nitrogens is 1. The molecule has 5 heteroatoms. The Morgan fingerprint density at radius 1 is 0.793 bits per heavy atom. The number of hydrogen-bond donors (Lipinski definition) is 1. The predicted octanol–water partition coefficient (Wildman–Crippen LogP) is 6.75. The molecule has 0 aliphatic rings. The van der Waals surface area contributed by atoms with Gasteiger partial charge in [0.05, 0.1) is 0 Å². The summed E-state index contributed by atoms with van der Waals surface area (Å²) in [5.74, 6) is 0. The maximum absolute atomic E-state index is 6.37. The van der Waals surface area contributed by atoms with Gasteiger partial charge in [-0.15, -0.1) is 12.4 Å². The Bertz CT molecular complexity index is 1070. The number of nitrogens with one attached hydrogen (secondary N) is 1. The third-order valence-electron chi connectivity index (χ3n) is 4.99. The molecule has 3 aromatic carbocycles. The molecule has 0 saturated carbocycles. The molecular weight excluding hydrogens is 423 g/mol. The van der Waals surface area contributed by atoms with Crippen LogP contribution in [0.15, 0.2) is 79.0 Å². The zero-order valence-corrected chi connectivity index (χ0v) is 18.3. The van der Waals surface area contributed by atoms with Crippen molar-refractivity contribution >= 4 is 46.5 Å². The largest absolute Gasteiger partial charge is 0.343 e. The molecule has 0 spiro atoms. The highest BCUT2D eigenvalue weighted by Gasteiger charge is 2.09. The van der Waals surface area contributed by atoms with E-state index in [0.29, 0.717) is 0 Å². The summed E-state index contributed by atoms with van der Waals surface area (Å²) in [4.78, 5) is 0. The number of nitrogens with zero attached hydrogens (tertiary/aromatic N) is 1. The Morgan fingerprint density at radius 3 is 2.31 bits per heavy atom. The van der Waals surface area contributed by atoms with Crippen molar-refractivity contribution in [3.8, 4) is 0 Å². The maximum atomic E-state index is 6.37. The van der Waals surface area contributed by atoms with E-state index in [0.717, 1.165) is 41.7 Å². The molecule has 0 aliphatic heterocycles. The molecular formula is C24H23Cl3N2. The van der Waals surface area contributed by atoms with Crippen molar-refractivity contribution in [1.29, 1.82) is 0 Å². The smallest absolute Gasteiger partial charge is 0.0491 e. The minimum absolute atomic E-state index is 0. The van der Waals surface area contributed by atoms with Crippen molar-refractivity contribution in [1.82, 2.24) is 9.88 Å². The highest BCUT2D eigenvalue weighted by atomic mass is 35.5. The molecule has 150 valence electrons. The topological polar surface area (TPSA) is 17.0 Å². The Morgan fingerprint density at radius 2 is 1.52 bits per heavy atom. The van der Waals surface area contributed by atoms with Crippen LogP contribution >= 0.6 is 35.6 Å². The first kappa shape index (κ1) is 21.7. The fourth-order valence-electron chi connectivity index (χ4n) is 3.51. The highest BCUT2D eigenvalue weighted by molar-refractivity contribution is 6.31. The summed E-state index contributed by atoms with van der Waals surface area (Å²) in [7, 11) is 0. The first-order chi connectivity index (χ1) is 13.7. The Labute approximate surface area is 187 Å². The molecule has 1 aromatic heterocycles. The van der Waals surface area contributed by atoms with Crippen LogP contribution in [0.2, 0.25) is 10.0 Å². The molecule has 0 aliphatic carbocycles. The Balaban J connectivity index is 0.00000240. The second-order valence-corrected chi connectivity index (χ2v) is 7.79. The van der Waals surface area contributed by atoms with Gasteiger partial charge in [-0.2, -0.15) is 0 Å². The number of benzene rings is 3. The average Bonchev–Trinajstić information content (AvgIpc) is 3.06. The van der Waals surface area contributed by atoms with Crippen LogP contribution in [-0.4, -0.2) is 11.1 Å². The molecule has 2 nitrogen and oxygen atoms in total. The van der Waals surface area contributed by atoms with Gasteiger partial charge in [-0.1, -0.05) is 71.7 Å². The van der Waals surface area contributed by atoms with Crippen LogP contribution < -0.4 is 5.32 Å². The minimum atomic E-state index is 0. The van der Waals surface area contributed by atoms with Gasteiger partial charge < -0.3 is 9.88 Å². The lowest BCUT2D eigenvalue weighted by atomic mass is 10.1. The van der Waals surface area contributed by atoms with E-state index in [2.05, 4.69) is 58.5 Å². The molecule has 4 rings (SSSR count). The van der Waals surface area contributed by atoms with E-state index < -0.39 is 0 Å². The van der Waals surface area contributed by atoms with Crippen molar-refractivity contribution in [3.63, 3.8) is 0 Å². The first-order valence-electron chi connectivity index (χ1n) is 9.46. The molecule has 0 unspecified atom stereocenters. The van der Waals surface area contributed by atoms with Crippen LogP contribution in [0.4, 0.5) is 0 Å². The van der Waals surface area contributed by atoms with Gasteiger partial charge in [0, 0.05) is 40.2 Å². The summed E-state index contributed by atoms with van der Waals surface area (Å²) >= 11 is 12.3. The molecule has 29 heavy (non-hydrogen) atoms. The molecule has 4 aromatic rings. The van der Waals surface area contributed by atoms with Gasteiger partial charge in [-0.3, -0.25) is 0 Å². The molecule has 0 radical (unpaired) electrons. The molecule has 0 amide bonds. The monoisotopic (exact) mass is 444 g/mol. The number of hydrogen-bond acceptors (Lipinski definition) is 1. The third kappa shape index (κ3) is 5.34. The number of rotatable bonds is 7. The SMILES string of the molecule is Cl.Clc1ccc(CCNCc2cn(Cc3ccccc3Cl)c3ccccc23)cc1. The lowest BCUT2D eigenvalue weighted by Crippen LogP contribution is -2.16. The van der Waals surface area contributed by atoms with E-state index in [4.69, 9.17) is 23.2 Å². The van der Waals surface area contributed by atoms with Crippen molar-refractivity contribution in [2.75, 3.05) is 6.54 Å². The zero-order chi connectivity index (χ0) is 19.3.